The number of ether oxygens (including phenoxy) is 1. The first-order valence-corrected chi connectivity index (χ1v) is 11.3. The van der Waals surface area contributed by atoms with Gasteiger partial charge in [0.1, 0.15) is 0 Å². The molecule has 0 unspecified atom stereocenters. The normalized spacial score (nSPS) is 11.6. The molecule has 158 valence electrons. The number of hydrogen-bond acceptors (Lipinski definition) is 4. The number of nitrogens with zero attached hydrogens (tertiary/aromatic N) is 1. The molecule has 0 saturated carbocycles. The molecule has 0 radical (unpaired) electrons. The number of rotatable bonds is 11. The fraction of sp³-hybridized carbons (Fsp3) is 0.381. The van der Waals surface area contributed by atoms with E-state index in [9.17, 15) is 13.2 Å². The average molecular weight is 439 g/mol. The Kier molecular flexibility index (Phi) is 9.10. The molecule has 29 heavy (non-hydrogen) atoms. The minimum absolute atomic E-state index is 0.0969. The number of amides is 1. The lowest BCUT2D eigenvalue weighted by molar-refractivity contribution is -0.121. The van der Waals surface area contributed by atoms with Crippen molar-refractivity contribution in [2.75, 3.05) is 26.3 Å². The van der Waals surface area contributed by atoms with Crippen molar-refractivity contribution < 1.29 is 17.9 Å². The highest BCUT2D eigenvalue weighted by Crippen LogP contribution is 2.21. The predicted molar refractivity (Wildman–Crippen MR) is 114 cm³/mol. The molecule has 0 aliphatic carbocycles. The van der Waals surface area contributed by atoms with Crippen molar-refractivity contribution in [3.05, 3.63) is 64.7 Å². The molecule has 0 saturated heterocycles. The van der Waals surface area contributed by atoms with E-state index >= 15 is 0 Å². The first-order valence-electron chi connectivity index (χ1n) is 9.49. The smallest absolute Gasteiger partial charge is 0.243 e. The lowest BCUT2D eigenvalue weighted by atomic mass is 10.1. The molecular formula is C21H27ClN2O4S. The van der Waals surface area contributed by atoms with Gasteiger partial charge in [-0.1, -0.05) is 35.9 Å². The van der Waals surface area contributed by atoms with Gasteiger partial charge in [-0.05, 0) is 55.7 Å². The molecule has 2 aromatic rings. The Balaban J connectivity index is 2.18. The van der Waals surface area contributed by atoms with Crippen LogP contribution < -0.4 is 5.32 Å². The van der Waals surface area contributed by atoms with Crippen LogP contribution >= 0.6 is 11.6 Å². The lowest BCUT2D eigenvalue weighted by Crippen LogP contribution is -2.40. The summed E-state index contributed by atoms with van der Waals surface area (Å²) >= 11 is 5.89. The van der Waals surface area contributed by atoms with E-state index in [2.05, 4.69) is 5.32 Å². The van der Waals surface area contributed by atoms with E-state index in [0.717, 1.165) is 11.1 Å². The van der Waals surface area contributed by atoms with Crippen LogP contribution in [0.3, 0.4) is 0 Å². The molecule has 0 aliphatic rings. The van der Waals surface area contributed by atoms with Crippen molar-refractivity contribution >= 4 is 27.5 Å². The summed E-state index contributed by atoms with van der Waals surface area (Å²) in [5.41, 5.74) is 1.80. The van der Waals surface area contributed by atoms with Gasteiger partial charge in [-0.25, -0.2) is 8.42 Å². The van der Waals surface area contributed by atoms with E-state index in [-0.39, 0.29) is 23.9 Å². The zero-order valence-corrected chi connectivity index (χ0v) is 18.3. The van der Waals surface area contributed by atoms with E-state index < -0.39 is 10.0 Å². The minimum Gasteiger partial charge on any atom is -0.382 e. The topological polar surface area (TPSA) is 75.7 Å². The highest BCUT2D eigenvalue weighted by Gasteiger charge is 2.27. The summed E-state index contributed by atoms with van der Waals surface area (Å²) in [7, 11) is -3.88. The number of benzene rings is 2. The number of halogens is 1. The molecule has 1 amide bonds. The molecular weight excluding hydrogens is 412 g/mol. The Morgan fingerprint density at radius 2 is 1.83 bits per heavy atom. The highest BCUT2D eigenvalue weighted by molar-refractivity contribution is 7.89. The number of nitrogens with one attached hydrogen (secondary N) is 1. The van der Waals surface area contributed by atoms with Gasteiger partial charge in [0.15, 0.2) is 0 Å². The van der Waals surface area contributed by atoms with Gasteiger partial charge in [-0.15, -0.1) is 0 Å². The largest absolute Gasteiger partial charge is 0.382 e. The Hall–Kier alpha value is -1.93. The van der Waals surface area contributed by atoms with Gasteiger partial charge >= 0.3 is 0 Å². The van der Waals surface area contributed by atoms with Gasteiger partial charge in [0.25, 0.3) is 0 Å². The number of sulfonamides is 1. The van der Waals surface area contributed by atoms with Gasteiger partial charge in [0.2, 0.25) is 15.9 Å². The van der Waals surface area contributed by atoms with Crippen LogP contribution in [0.2, 0.25) is 5.02 Å². The second-order valence-electron chi connectivity index (χ2n) is 6.55. The number of carbonyl (C=O) groups is 1. The number of hydrogen-bond donors (Lipinski definition) is 1. The third-order valence-corrected chi connectivity index (χ3v) is 6.43. The first kappa shape index (κ1) is 23.3. The van der Waals surface area contributed by atoms with Crippen molar-refractivity contribution in [3.63, 3.8) is 0 Å². The van der Waals surface area contributed by atoms with E-state index in [1.807, 2.05) is 38.1 Å². The minimum atomic E-state index is -3.88. The van der Waals surface area contributed by atoms with Crippen molar-refractivity contribution in [3.8, 4) is 0 Å². The molecule has 0 heterocycles. The molecule has 1 N–H and O–H groups in total. The fourth-order valence-corrected chi connectivity index (χ4v) is 4.22. The van der Waals surface area contributed by atoms with E-state index in [1.165, 1.54) is 28.6 Å². The average Bonchev–Trinajstić information content (AvgIpc) is 2.69. The van der Waals surface area contributed by atoms with Gasteiger partial charge < -0.3 is 10.1 Å². The third-order valence-electron chi connectivity index (χ3n) is 4.37. The molecule has 0 bridgehead atoms. The Morgan fingerprint density at radius 3 is 2.48 bits per heavy atom. The number of aryl methyl sites for hydroxylation is 1. The van der Waals surface area contributed by atoms with Crippen LogP contribution in [-0.4, -0.2) is 44.9 Å². The molecule has 0 fully saturated rings. The summed E-state index contributed by atoms with van der Waals surface area (Å²) in [5, 5.41) is 3.20. The highest BCUT2D eigenvalue weighted by atomic mass is 35.5. The second-order valence-corrected chi connectivity index (χ2v) is 8.93. The van der Waals surface area contributed by atoms with Gasteiger partial charge in [0, 0.05) is 31.3 Å². The summed E-state index contributed by atoms with van der Waals surface area (Å²) < 4.78 is 32.8. The summed E-state index contributed by atoms with van der Waals surface area (Å²) in [6.07, 6.45) is 0.668. The summed E-state index contributed by atoms with van der Waals surface area (Å²) in [4.78, 5) is 12.5. The molecule has 8 heteroatoms. The lowest BCUT2D eigenvalue weighted by Gasteiger charge is -2.23. The second kappa shape index (κ2) is 11.3. The molecule has 0 aromatic heterocycles. The maximum absolute atomic E-state index is 13.2. The molecule has 0 spiro atoms. The first-order chi connectivity index (χ1) is 13.8. The van der Waals surface area contributed by atoms with E-state index in [4.69, 9.17) is 16.3 Å². The standard InChI is InChI=1S/C21H27ClN2O4S/c1-3-28-14-6-13-23-21(25)16-24(15-18-8-5-4-7-17(18)2)29(26,27)20-11-9-19(22)10-12-20/h4-5,7-12H,3,6,13-16H2,1-2H3,(H,23,25). The monoisotopic (exact) mass is 438 g/mol. The molecule has 6 nitrogen and oxygen atoms in total. The summed E-state index contributed by atoms with van der Waals surface area (Å²) in [6.45, 7) is 5.25. The van der Waals surface area contributed by atoms with Crippen molar-refractivity contribution in [1.82, 2.24) is 9.62 Å². The molecule has 2 aromatic carbocycles. The van der Waals surface area contributed by atoms with Crippen LogP contribution in [0, 0.1) is 6.92 Å². The maximum Gasteiger partial charge on any atom is 0.243 e. The summed E-state index contributed by atoms with van der Waals surface area (Å²) in [5.74, 6) is -0.354. The molecule has 0 aliphatic heterocycles. The van der Waals surface area contributed by atoms with Crippen LogP contribution in [0.5, 0.6) is 0 Å². The maximum atomic E-state index is 13.2. The zero-order chi connectivity index (χ0) is 21.3. The quantitative estimate of drug-likeness (QED) is 0.545. The van der Waals surface area contributed by atoms with Crippen LogP contribution in [0.4, 0.5) is 0 Å². The van der Waals surface area contributed by atoms with E-state index in [0.29, 0.717) is 31.2 Å². The fourth-order valence-electron chi connectivity index (χ4n) is 2.72. The van der Waals surface area contributed by atoms with Crippen molar-refractivity contribution in [2.24, 2.45) is 0 Å². The van der Waals surface area contributed by atoms with Crippen LogP contribution in [0.15, 0.2) is 53.4 Å². The van der Waals surface area contributed by atoms with Crippen molar-refractivity contribution in [1.29, 1.82) is 0 Å². The third kappa shape index (κ3) is 7.12. The molecule has 2 rings (SSSR count). The van der Waals surface area contributed by atoms with Gasteiger partial charge in [-0.3, -0.25) is 4.79 Å². The predicted octanol–water partition coefficient (Wildman–Crippen LogP) is 3.38. The Bertz CT molecular complexity index is 901. The van der Waals surface area contributed by atoms with Gasteiger partial charge in [-0.2, -0.15) is 4.31 Å². The zero-order valence-electron chi connectivity index (χ0n) is 16.7. The van der Waals surface area contributed by atoms with Crippen LogP contribution in [0.1, 0.15) is 24.5 Å². The Labute approximate surface area is 177 Å². The van der Waals surface area contributed by atoms with E-state index in [1.54, 1.807) is 0 Å². The molecule has 0 atom stereocenters. The summed E-state index contributed by atoms with van der Waals surface area (Å²) in [6, 6.07) is 13.5. The SMILES string of the molecule is CCOCCCNC(=O)CN(Cc1ccccc1C)S(=O)(=O)c1ccc(Cl)cc1. The van der Waals surface area contributed by atoms with Gasteiger partial charge in [0.05, 0.1) is 11.4 Å². The van der Waals surface area contributed by atoms with Crippen LogP contribution in [-0.2, 0) is 26.1 Å². The number of carbonyl (C=O) groups excluding carboxylic acids is 1. The van der Waals surface area contributed by atoms with Crippen molar-refractivity contribution in [2.45, 2.75) is 31.7 Å². The van der Waals surface area contributed by atoms with Crippen LogP contribution in [0.25, 0.3) is 0 Å². The Morgan fingerprint density at radius 1 is 1.14 bits per heavy atom.